The van der Waals surface area contributed by atoms with E-state index in [4.69, 9.17) is 10.5 Å². The summed E-state index contributed by atoms with van der Waals surface area (Å²) in [5, 5.41) is 1.05. The van der Waals surface area contributed by atoms with Gasteiger partial charge in [0.25, 0.3) is 0 Å². The number of nitrogens with two attached hydrogens (primary N) is 1. The highest BCUT2D eigenvalue weighted by Crippen LogP contribution is 2.21. The molecule has 0 aliphatic heterocycles. The number of benzene rings is 2. The predicted molar refractivity (Wildman–Crippen MR) is 76.9 cm³/mol. The first-order valence-electron chi connectivity index (χ1n) is 6.24. The van der Waals surface area contributed by atoms with Gasteiger partial charge in [0.2, 0.25) is 0 Å². The van der Waals surface area contributed by atoms with Crippen molar-refractivity contribution in [3.63, 3.8) is 0 Å². The Morgan fingerprint density at radius 3 is 2.90 bits per heavy atom. The fourth-order valence-corrected chi connectivity index (χ4v) is 2.00. The molecule has 0 amide bonds. The lowest BCUT2D eigenvalue weighted by Gasteiger charge is -2.09. The van der Waals surface area contributed by atoms with Crippen molar-refractivity contribution in [3.05, 3.63) is 66.1 Å². The quantitative estimate of drug-likeness (QED) is 0.739. The first-order valence-corrected chi connectivity index (χ1v) is 6.24. The standard InChI is InChI=1S/C16H13FN2O/c17-13-4-6-15(18)12(8-13)10-20-14-5-3-11-2-1-7-19-16(11)9-14/h1-9H,10,18H2. The molecule has 0 saturated heterocycles. The molecule has 0 unspecified atom stereocenters. The fraction of sp³-hybridized carbons (Fsp3) is 0.0625. The van der Waals surface area contributed by atoms with E-state index in [1.54, 1.807) is 6.20 Å². The topological polar surface area (TPSA) is 48.1 Å². The van der Waals surface area contributed by atoms with E-state index in [0.717, 1.165) is 10.9 Å². The van der Waals surface area contributed by atoms with Crippen molar-refractivity contribution in [1.82, 2.24) is 4.98 Å². The minimum atomic E-state index is -0.321. The van der Waals surface area contributed by atoms with Gasteiger partial charge in [0.15, 0.2) is 0 Å². The van der Waals surface area contributed by atoms with Crippen LogP contribution in [0, 0.1) is 5.82 Å². The van der Waals surface area contributed by atoms with Crippen LogP contribution in [0.4, 0.5) is 10.1 Å². The molecule has 0 bridgehead atoms. The van der Waals surface area contributed by atoms with Crippen LogP contribution in [0.2, 0.25) is 0 Å². The van der Waals surface area contributed by atoms with Gasteiger partial charge in [-0.15, -0.1) is 0 Å². The van der Waals surface area contributed by atoms with Crippen molar-refractivity contribution < 1.29 is 9.13 Å². The van der Waals surface area contributed by atoms with Crippen LogP contribution >= 0.6 is 0 Å². The van der Waals surface area contributed by atoms with Gasteiger partial charge in [0.05, 0.1) is 5.52 Å². The highest BCUT2D eigenvalue weighted by molar-refractivity contribution is 5.79. The number of ether oxygens (including phenoxy) is 1. The summed E-state index contributed by atoms with van der Waals surface area (Å²) in [5.74, 6) is 0.359. The van der Waals surface area contributed by atoms with E-state index in [1.807, 2.05) is 30.3 Å². The lowest BCUT2D eigenvalue weighted by Crippen LogP contribution is -2.01. The van der Waals surface area contributed by atoms with Crippen molar-refractivity contribution in [2.75, 3.05) is 5.73 Å². The number of aromatic nitrogens is 1. The molecule has 2 N–H and O–H groups in total. The van der Waals surface area contributed by atoms with Crippen LogP contribution in [-0.4, -0.2) is 4.98 Å². The summed E-state index contributed by atoms with van der Waals surface area (Å²) >= 11 is 0. The Balaban J connectivity index is 1.81. The molecule has 0 spiro atoms. The van der Waals surface area contributed by atoms with E-state index in [2.05, 4.69) is 4.98 Å². The molecule has 2 aromatic carbocycles. The zero-order valence-electron chi connectivity index (χ0n) is 10.7. The Labute approximate surface area is 115 Å². The molecule has 0 atom stereocenters. The molecular weight excluding hydrogens is 255 g/mol. The van der Waals surface area contributed by atoms with Gasteiger partial charge in [-0.1, -0.05) is 6.07 Å². The second-order valence-corrected chi connectivity index (χ2v) is 4.49. The van der Waals surface area contributed by atoms with Crippen LogP contribution in [0.25, 0.3) is 10.9 Å². The molecule has 3 nitrogen and oxygen atoms in total. The first kappa shape index (κ1) is 12.4. The van der Waals surface area contributed by atoms with Gasteiger partial charge < -0.3 is 10.5 Å². The van der Waals surface area contributed by atoms with Crippen molar-refractivity contribution in [2.45, 2.75) is 6.61 Å². The predicted octanol–water partition coefficient (Wildman–Crippen LogP) is 3.54. The molecule has 100 valence electrons. The monoisotopic (exact) mass is 268 g/mol. The number of halogens is 1. The first-order chi connectivity index (χ1) is 9.72. The molecule has 20 heavy (non-hydrogen) atoms. The molecule has 0 aliphatic rings. The number of fused-ring (bicyclic) bond motifs is 1. The summed E-state index contributed by atoms with van der Waals surface area (Å²) < 4.78 is 18.8. The van der Waals surface area contributed by atoms with Gasteiger partial charge in [-0.3, -0.25) is 4.98 Å². The highest BCUT2D eigenvalue weighted by atomic mass is 19.1. The Bertz CT molecular complexity index is 758. The Morgan fingerprint density at radius 2 is 2.00 bits per heavy atom. The Morgan fingerprint density at radius 1 is 1.10 bits per heavy atom. The van der Waals surface area contributed by atoms with Gasteiger partial charge in [0, 0.05) is 28.9 Å². The molecule has 3 aromatic rings. The van der Waals surface area contributed by atoms with Gasteiger partial charge in [-0.2, -0.15) is 0 Å². The zero-order valence-corrected chi connectivity index (χ0v) is 10.7. The van der Waals surface area contributed by atoms with Crippen molar-refractivity contribution in [3.8, 4) is 5.75 Å². The van der Waals surface area contributed by atoms with Crippen molar-refractivity contribution >= 4 is 16.6 Å². The summed E-state index contributed by atoms with van der Waals surface area (Å²) in [6, 6.07) is 13.8. The average Bonchev–Trinajstić information content (AvgIpc) is 2.48. The van der Waals surface area contributed by atoms with Crippen LogP contribution in [0.15, 0.2) is 54.7 Å². The molecule has 0 aliphatic carbocycles. The van der Waals surface area contributed by atoms with Gasteiger partial charge in [-0.25, -0.2) is 4.39 Å². The van der Waals surface area contributed by atoms with E-state index >= 15 is 0 Å². The Kier molecular flexibility index (Phi) is 3.21. The summed E-state index contributed by atoms with van der Waals surface area (Å²) in [6.07, 6.45) is 1.73. The van der Waals surface area contributed by atoms with Crippen LogP contribution in [-0.2, 0) is 6.61 Å². The number of rotatable bonds is 3. The van der Waals surface area contributed by atoms with E-state index < -0.39 is 0 Å². The Hall–Kier alpha value is -2.62. The fourth-order valence-electron chi connectivity index (χ4n) is 2.00. The lowest BCUT2D eigenvalue weighted by atomic mass is 10.2. The molecule has 3 rings (SSSR count). The van der Waals surface area contributed by atoms with E-state index in [1.165, 1.54) is 18.2 Å². The molecule has 4 heteroatoms. The highest BCUT2D eigenvalue weighted by Gasteiger charge is 2.03. The molecule has 1 aromatic heterocycles. The lowest BCUT2D eigenvalue weighted by molar-refractivity contribution is 0.306. The number of hydrogen-bond acceptors (Lipinski definition) is 3. The van der Waals surface area contributed by atoms with Crippen molar-refractivity contribution in [1.29, 1.82) is 0 Å². The van der Waals surface area contributed by atoms with Gasteiger partial charge in [0.1, 0.15) is 18.2 Å². The third-order valence-corrected chi connectivity index (χ3v) is 3.08. The van der Waals surface area contributed by atoms with Crippen LogP contribution in [0.1, 0.15) is 5.56 Å². The summed E-state index contributed by atoms with van der Waals surface area (Å²) in [5.41, 5.74) is 7.79. The molecule has 0 radical (unpaired) electrons. The second kappa shape index (κ2) is 5.17. The minimum Gasteiger partial charge on any atom is -0.489 e. The van der Waals surface area contributed by atoms with Gasteiger partial charge >= 0.3 is 0 Å². The van der Waals surface area contributed by atoms with Crippen molar-refractivity contribution in [2.24, 2.45) is 0 Å². The summed E-state index contributed by atoms with van der Waals surface area (Å²) in [4.78, 5) is 4.26. The number of nitrogen functional groups attached to an aromatic ring is 1. The smallest absolute Gasteiger partial charge is 0.123 e. The SMILES string of the molecule is Nc1ccc(F)cc1COc1ccc2cccnc2c1. The molecule has 0 fully saturated rings. The third kappa shape index (κ3) is 2.54. The summed E-state index contributed by atoms with van der Waals surface area (Å²) in [7, 11) is 0. The number of anilines is 1. The maximum Gasteiger partial charge on any atom is 0.123 e. The van der Waals surface area contributed by atoms with E-state index in [9.17, 15) is 4.39 Å². The number of hydrogen-bond donors (Lipinski definition) is 1. The molecular formula is C16H13FN2O. The van der Waals surface area contributed by atoms with Crippen LogP contribution in [0.5, 0.6) is 5.75 Å². The largest absolute Gasteiger partial charge is 0.489 e. The molecule has 0 saturated carbocycles. The van der Waals surface area contributed by atoms with Gasteiger partial charge in [-0.05, 0) is 36.4 Å². The van der Waals surface area contributed by atoms with E-state index in [0.29, 0.717) is 17.0 Å². The normalized spacial score (nSPS) is 10.7. The summed E-state index contributed by atoms with van der Waals surface area (Å²) in [6.45, 7) is 0.224. The number of pyridine rings is 1. The van der Waals surface area contributed by atoms with E-state index in [-0.39, 0.29) is 12.4 Å². The second-order valence-electron chi connectivity index (χ2n) is 4.49. The van der Waals surface area contributed by atoms with Crippen LogP contribution < -0.4 is 10.5 Å². The minimum absolute atomic E-state index is 0.224. The van der Waals surface area contributed by atoms with Crippen LogP contribution in [0.3, 0.4) is 0 Å². The maximum absolute atomic E-state index is 13.2. The molecule has 1 heterocycles. The number of nitrogens with zero attached hydrogens (tertiary/aromatic N) is 1. The maximum atomic E-state index is 13.2. The average molecular weight is 268 g/mol. The zero-order chi connectivity index (χ0) is 13.9. The third-order valence-electron chi connectivity index (χ3n) is 3.08.